The number of aryl methyl sites for hydroxylation is 1. The topological polar surface area (TPSA) is 65.4 Å². The summed E-state index contributed by atoms with van der Waals surface area (Å²) in [4.78, 5) is 4.06. The quantitative estimate of drug-likeness (QED) is 0.709. The Morgan fingerprint density at radius 1 is 1.26 bits per heavy atom. The summed E-state index contributed by atoms with van der Waals surface area (Å²) in [5.41, 5.74) is 2.04. The molecule has 0 radical (unpaired) electrons. The van der Waals surface area contributed by atoms with E-state index < -0.39 is 0 Å². The van der Waals surface area contributed by atoms with Crippen molar-refractivity contribution >= 4 is 0 Å². The zero-order chi connectivity index (χ0) is 14.4. The zero-order valence-electron chi connectivity index (χ0n) is 12.4. The van der Waals surface area contributed by atoms with Crippen molar-refractivity contribution in [2.75, 3.05) is 0 Å². The summed E-state index contributed by atoms with van der Waals surface area (Å²) in [7, 11) is 0. The smallest absolute Gasteiger partial charge is 0.141 e. The molecule has 0 spiro atoms. The first-order chi connectivity index (χ1) is 8.95. The van der Waals surface area contributed by atoms with E-state index in [0.29, 0.717) is 29.8 Å². The Balaban J connectivity index is 2.64. The fourth-order valence-corrected chi connectivity index (χ4v) is 1.98. The van der Waals surface area contributed by atoms with Crippen LogP contribution in [-0.2, 0) is 13.2 Å². The van der Waals surface area contributed by atoms with Gasteiger partial charge in [0.15, 0.2) is 0 Å². The van der Waals surface area contributed by atoms with E-state index in [-0.39, 0.29) is 12.4 Å². The third-order valence-corrected chi connectivity index (χ3v) is 3.40. The van der Waals surface area contributed by atoms with Crippen LogP contribution in [0.4, 0.5) is 0 Å². The lowest BCUT2D eigenvalue weighted by Crippen LogP contribution is -2.26. The normalized spacial score (nSPS) is 12.9. The summed E-state index contributed by atoms with van der Waals surface area (Å²) in [5, 5.41) is 22.7. The molecule has 4 heteroatoms. The largest absolute Gasteiger partial charge is 0.506 e. The fourth-order valence-electron chi connectivity index (χ4n) is 1.98. The van der Waals surface area contributed by atoms with Crippen molar-refractivity contribution in [2.45, 2.75) is 59.7 Å². The van der Waals surface area contributed by atoms with Gasteiger partial charge in [-0.25, -0.2) is 0 Å². The highest BCUT2D eigenvalue weighted by Crippen LogP contribution is 2.23. The van der Waals surface area contributed by atoms with Gasteiger partial charge in [0.25, 0.3) is 0 Å². The Morgan fingerprint density at radius 3 is 2.53 bits per heavy atom. The SMILES string of the molecule is Cc1ncc(CO)c(CNC(C)CCC(C)C)c1O. The minimum atomic E-state index is -0.0990. The maximum absolute atomic E-state index is 10.0. The Morgan fingerprint density at radius 2 is 1.95 bits per heavy atom. The first-order valence-electron chi connectivity index (χ1n) is 6.96. The maximum atomic E-state index is 10.0. The summed E-state index contributed by atoms with van der Waals surface area (Å²) in [6.07, 6.45) is 3.92. The summed E-state index contributed by atoms with van der Waals surface area (Å²) in [6.45, 7) is 8.81. The van der Waals surface area contributed by atoms with Gasteiger partial charge < -0.3 is 15.5 Å². The molecule has 1 unspecified atom stereocenters. The van der Waals surface area contributed by atoms with Crippen LogP contribution in [0.3, 0.4) is 0 Å². The van der Waals surface area contributed by atoms with Gasteiger partial charge in [0.2, 0.25) is 0 Å². The molecule has 19 heavy (non-hydrogen) atoms. The number of hydrogen-bond donors (Lipinski definition) is 3. The summed E-state index contributed by atoms with van der Waals surface area (Å²) in [5.74, 6) is 0.893. The first-order valence-corrected chi connectivity index (χ1v) is 6.96. The number of nitrogens with zero attached hydrogens (tertiary/aromatic N) is 1. The number of rotatable bonds is 7. The van der Waals surface area contributed by atoms with Crippen molar-refractivity contribution in [1.82, 2.24) is 10.3 Å². The van der Waals surface area contributed by atoms with Crippen LogP contribution < -0.4 is 5.32 Å². The number of nitrogens with one attached hydrogen (secondary N) is 1. The molecule has 1 aromatic heterocycles. The number of aromatic nitrogens is 1. The molecule has 1 rings (SSSR count). The van der Waals surface area contributed by atoms with Crippen molar-refractivity contribution in [2.24, 2.45) is 5.92 Å². The Labute approximate surface area is 115 Å². The number of pyridine rings is 1. The van der Waals surface area contributed by atoms with E-state index in [9.17, 15) is 10.2 Å². The van der Waals surface area contributed by atoms with Gasteiger partial charge in [0, 0.05) is 29.9 Å². The standard InChI is InChI=1S/C15H26N2O2/c1-10(2)5-6-11(3)16-8-14-13(9-18)7-17-12(4)15(14)19/h7,10-11,16,18-19H,5-6,8-9H2,1-4H3. The molecule has 1 aromatic rings. The van der Waals surface area contributed by atoms with E-state index in [2.05, 4.69) is 31.1 Å². The fraction of sp³-hybridized carbons (Fsp3) is 0.667. The lowest BCUT2D eigenvalue weighted by molar-refractivity contribution is 0.278. The maximum Gasteiger partial charge on any atom is 0.141 e. The van der Waals surface area contributed by atoms with Crippen molar-refractivity contribution in [1.29, 1.82) is 0 Å². The number of aliphatic hydroxyl groups is 1. The van der Waals surface area contributed by atoms with Gasteiger partial charge in [0.05, 0.1) is 12.3 Å². The second kappa shape index (κ2) is 7.46. The Bertz CT molecular complexity index is 405. The number of hydrogen-bond acceptors (Lipinski definition) is 4. The molecular weight excluding hydrogens is 240 g/mol. The van der Waals surface area contributed by atoms with E-state index in [1.807, 2.05) is 0 Å². The van der Waals surface area contributed by atoms with E-state index in [1.54, 1.807) is 13.1 Å². The van der Waals surface area contributed by atoms with Crippen LogP contribution >= 0.6 is 0 Å². The highest BCUT2D eigenvalue weighted by molar-refractivity contribution is 5.40. The average Bonchev–Trinajstić information content (AvgIpc) is 2.38. The minimum absolute atomic E-state index is 0.0990. The van der Waals surface area contributed by atoms with Gasteiger partial charge in [-0.1, -0.05) is 13.8 Å². The summed E-state index contributed by atoms with van der Waals surface area (Å²) in [6, 6.07) is 0.391. The molecule has 0 aromatic carbocycles. The van der Waals surface area contributed by atoms with Gasteiger partial charge in [0.1, 0.15) is 5.75 Å². The second-order valence-corrected chi connectivity index (χ2v) is 5.61. The monoisotopic (exact) mass is 266 g/mol. The van der Waals surface area contributed by atoms with Crippen LogP contribution in [0.5, 0.6) is 5.75 Å². The molecule has 0 bridgehead atoms. The van der Waals surface area contributed by atoms with Gasteiger partial charge in [-0.15, -0.1) is 0 Å². The van der Waals surface area contributed by atoms with Crippen LogP contribution in [0.1, 0.15) is 50.4 Å². The molecule has 0 saturated heterocycles. The molecule has 1 atom stereocenters. The highest BCUT2D eigenvalue weighted by Gasteiger charge is 2.12. The Hall–Kier alpha value is -1.13. The number of aliphatic hydroxyl groups excluding tert-OH is 1. The van der Waals surface area contributed by atoms with Gasteiger partial charge in [-0.3, -0.25) is 4.98 Å². The molecule has 4 nitrogen and oxygen atoms in total. The second-order valence-electron chi connectivity index (χ2n) is 5.61. The molecular formula is C15H26N2O2. The molecule has 0 aliphatic rings. The van der Waals surface area contributed by atoms with Crippen LogP contribution in [0.25, 0.3) is 0 Å². The van der Waals surface area contributed by atoms with E-state index in [4.69, 9.17) is 0 Å². The molecule has 108 valence electrons. The number of aromatic hydroxyl groups is 1. The highest BCUT2D eigenvalue weighted by atomic mass is 16.3. The molecule has 0 aliphatic heterocycles. The van der Waals surface area contributed by atoms with Crippen LogP contribution in [0.2, 0.25) is 0 Å². The molecule has 0 amide bonds. The van der Waals surface area contributed by atoms with Crippen molar-refractivity contribution in [3.05, 3.63) is 23.0 Å². The Kier molecular flexibility index (Phi) is 6.25. The van der Waals surface area contributed by atoms with E-state index in [1.165, 1.54) is 6.42 Å². The minimum Gasteiger partial charge on any atom is -0.506 e. The molecule has 0 saturated carbocycles. The summed E-state index contributed by atoms with van der Waals surface area (Å²) >= 11 is 0. The van der Waals surface area contributed by atoms with Crippen LogP contribution in [0.15, 0.2) is 6.20 Å². The van der Waals surface area contributed by atoms with Crippen LogP contribution in [0, 0.1) is 12.8 Å². The van der Waals surface area contributed by atoms with Crippen molar-refractivity contribution < 1.29 is 10.2 Å². The van der Waals surface area contributed by atoms with Crippen LogP contribution in [-0.4, -0.2) is 21.2 Å². The van der Waals surface area contributed by atoms with Gasteiger partial charge >= 0.3 is 0 Å². The van der Waals surface area contributed by atoms with E-state index in [0.717, 1.165) is 12.0 Å². The average molecular weight is 266 g/mol. The molecule has 3 N–H and O–H groups in total. The summed E-state index contributed by atoms with van der Waals surface area (Å²) < 4.78 is 0. The van der Waals surface area contributed by atoms with Gasteiger partial charge in [-0.05, 0) is 32.6 Å². The lowest BCUT2D eigenvalue weighted by Gasteiger charge is -2.17. The third-order valence-electron chi connectivity index (χ3n) is 3.40. The van der Waals surface area contributed by atoms with E-state index >= 15 is 0 Å². The third kappa shape index (κ3) is 4.80. The van der Waals surface area contributed by atoms with Crippen molar-refractivity contribution in [3.63, 3.8) is 0 Å². The lowest BCUT2D eigenvalue weighted by atomic mass is 10.0. The van der Waals surface area contributed by atoms with Gasteiger partial charge in [-0.2, -0.15) is 0 Å². The zero-order valence-corrected chi connectivity index (χ0v) is 12.4. The van der Waals surface area contributed by atoms with Crippen molar-refractivity contribution in [3.8, 4) is 5.75 Å². The predicted molar refractivity (Wildman–Crippen MR) is 76.9 cm³/mol. The first kappa shape index (κ1) is 15.9. The molecule has 0 fully saturated rings. The molecule has 1 heterocycles. The molecule has 0 aliphatic carbocycles. The predicted octanol–water partition coefficient (Wildman–Crippen LogP) is 2.50.